The first-order valence-corrected chi connectivity index (χ1v) is 17.3. The molecule has 1 heterocycles. The fraction of sp³-hybridized carbons (Fsp3) is 0.486. The summed E-state index contributed by atoms with van der Waals surface area (Å²) >= 11 is 8.35. The lowest BCUT2D eigenvalue weighted by Gasteiger charge is -2.22. The van der Waals surface area contributed by atoms with Crippen molar-refractivity contribution in [2.24, 2.45) is 0 Å². The summed E-state index contributed by atoms with van der Waals surface area (Å²) in [6.45, 7) is 0.159. The third-order valence-corrected chi connectivity index (χ3v) is 9.76. The lowest BCUT2D eigenvalue weighted by Crippen LogP contribution is -2.42. The lowest BCUT2D eigenvalue weighted by atomic mass is 9.96. The summed E-state index contributed by atoms with van der Waals surface area (Å²) in [6, 6.07) is 16.3. The van der Waals surface area contributed by atoms with Gasteiger partial charge in [-0.2, -0.15) is 0 Å². The quantitative estimate of drug-likeness (QED) is 0.0881. The molecule has 1 aromatic heterocycles. The smallest absolute Gasteiger partial charge is 0.222 e. The summed E-state index contributed by atoms with van der Waals surface area (Å²) in [5, 5.41) is 41.1. The Hall–Kier alpha value is -2.70. The van der Waals surface area contributed by atoms with E-state index in [9.17, 15) is 20.1 Å². The molecule has 3 unspecified atom stereocenters. The van der Waals surface area contributed by atoms with E-state index in [1.54, 1.807) is 11.8 Å². The van der Waals surface area contributed by atoms with Crippen LogP contribution in [0.4, 0.5) is 0 Å². The van der Waals surface area contributed by atoms with E-state index < -0.39 is 36.4 Å². The van der Waals surface area contributed by atoms with E-state index in [-0.39, 0.29) is 6.42 Å². The van der Waals surface area contributed by atoms with Crippen LogP contribution in [0.1, 0.15) is 62.5 Å². The third kappa shape index (κ3) is 9.44. The van der Waals surface area contributed by atoms with Gasteiger partial charge in [-0.25, -0.2) is 0 Å². The molecule has 2 aromatic carbocycles. The predicted octanol–water partition coefficient (Wildman–Crippen LogP) is 4.99. The Labute approximate surface area is 279 Å². The minimum absolute atomic E-state index is 0.306. The van der Waals surface area contributed by atoms with E-state index in [0.29, 0.717) is 24.3 Å². The van der Waals surface area contributed by atoms with Crippen LogP contribution in [0.25, 0.3) is 11.1 Å². The highest BCUT2D eigenvalue weighted by atomic mass is 35.5. The number of carbonyl (C=O) groups excluding carboxylic acids is 1. The summed E-state index contributed by atoms with van der Waals surface area (Å²) in [6.07, 6.45) is 5.89. The maximum atomic E-state index is 12.0. The van der Waals surface area contributed by atoms with Crippen LogP contribution in [0.2, 0.25) is 5.02 Å². The van der Waals surface area contributed by atoms with Crippen LogP contribution in [0.15, 0.2) is 65.8 Å². The number of nitrogens with one attached hydrogen (secondary N) is 1. The fourth-order valence-corrected chi connectivity index (χ4v) is 6.44. The van der Waals surface area contributed by atoms with Gasteiger partial charge in [-0.05, 0) is 85.7 Å². The van der Waals surface area contributed by atoms with Crippen molar-refractivity contribution < 1.29 is 34.7 Å². The minimum atomic E-state index is -1.57. The molecule has 0 bridgehead atoms. The zero-order valence-electron chi connectivity index (χ0n) is 25.8. The van der Waals surface area contributed by atoms with E-state index >= 15 is 0 Å². The van der Waals surface area contributed by atoms with E-state index in [2.05, 4.69) is 28.5 Å². The number of rotatable bonds is 19. The average Bonchev–Trinajstić information content (AvgIpc) is 4.01. The van der Waals surface area contributed by atoms with Gasteiger partial charge in [0.05, 0.1) is 37.4 Å². The van der Waals surface area contributed by atoms with Gasteiger partial charge in [-0.15, -0.1) is 11.8 Å². The fourth-order valence-electron chi connectivity index (χ4n) is 5.29. The molecular formula is C35H43ClN2O7S. The highest BCUT2D eigenvalue weighted by Gasteiger charge is 2.47. The molecule has 2 aliphatic carbocycles. The van der Waals surface area contributed by atoms with Crippen molar-refractivity contribution in [1.82, 2.24) is 10.3 Å². The number of nitrogens with zero attached hydrogens (tertiary/aromatic N) is 1. The summed E-state index contributed by atoms with van der Waals surface area (Å²) in [5.74, 6) is 1.39. The monoisotopic (exact) mass is 670 g/mol. The van der Waals surface area contributed by atoms with Gasteiger partial charge < -0.3 is 35.2 Å². The number of unbranched alkanes of at least 4 members (excludes halogenated alkanes) is 2. The molecule has 9 nitrogen and oxygen atoms in total. The molecule has 3 atom stereocenters. The number of hydrogen-bond donors (Lipinski definition) is 5. The molecule has 0 aliphatic heterocycles. The van der Waals surface area contributed by atoms with Crippen LogP contribution < -0.4 is 10.1 Å². The SMILES string of the molecule is O=C(CC(O)C(O)C(O)CO)NCCCCCSc1ccc(Cl)c(COC2(c3cnccc3-c3ccccc3OC3CC3)CC2)c1. The molecule has 3 aromatic rings. The van der Waals surface area contributed by atoms with Gasteiger partial charge in [0, 0.05) is 40.0 Å². The standard InChI is InChI=1S/C35H43ClN2O7S/c36-29-11-10-25(46-17-5-1-4-15-38-33(42)19-30(40)34(43)31(41)21-39)18-23(29)22-44-35(13-14-35)28-20-37-16-12-26(28)27-6-2-3-7-32(27)45-24-8-9-24/h2-3,6-7,10-12,16,18,20,24,30-31,34,39-41,43H,1,4-5,8-9,13-15,17,19,21-22H2,(H,38,42). The molecule has 2 aliphatic rings. The summed E-state index contributed by atoms with van der Waals surface area (Å²) in [5.41, 5.74) is 3.77. The molecule has 5 rings (SSSR count). The molecule has 11 heteroatoms. The Morgan fingerprint density at radius 3 is 2.61 bits per heavy atom. The van der Waals surface area contributed by atoms with Crippen molar-refractivity contribution in [3.05, 3.63) is 77.1 Å². The van der Waals surface area contributed by atoms with E-state index in [4.69, 9.17) is 26.2 Å². The molecule has 0 radical (unpaired) electrons. The molecule has 46 heavy (non-hydrogen) atoms. The second-order valence-electron chi connectivity index (χ2n) is 12.0. The number of amides is 1. The van der Waals surface area contributed by atoms with Crippen LogP contribution >= 0.6 is 23.4 Å². The Morgan fingerprint density at radius 1 is 1.04 bits per heavy atom. The highest BCUT2D eigenvalue weighted by Crippen LogP contribution is 2.53. The molecular weight excluding hydrogens is 628 g/mol. The number of ether oxygens (including phenoxy) is 2. The van der Waals surface area contributed by atoms with Crippen molar-refractivity contribution in [2.75, 3.05) is 18.9 Å². The average molecular weight is 671 g/mol. The number of para-hydroxylation sites is 1. The van der Waals surface area contributed by atoms with Gasteiger partial charge in [0.1, 0.15) is 18.0 Å². The molecule has 2 fully saturated rings. The van der Waals surface area contributed by atoms with Gasteiger partial charge in [0.25, 0.3) is 0 Å². The Morgan fingerprint density at radius 2 is 1.85 bits per heavy atom. The third-order valence-electron chi connectivity index (χ3n) is 8.31. The lowest BCUT2D eigenvalue weighted by molar-refractivity contribution is -0.128. The predicted molar refractivity (Wildman–Crippen MR) is 178 cm³/mol. The second kappa shape index (κ2) is 16.4. The first kappa shape index (κ1) is 34.6. The number of hydrogen-bond acceptors (Lipinski definition) is 9. The molecule has 0 saturated heterocycles. The Bertz CT molecular complexity index is 1450. The van der Waals surface area contributed by atoms with Gasteiger partial charge in [-0.1, -0.05) is 36.2 Å². The molecule has 1 amide bonds. The first-order valence-electron chi connectivity index (χ1n) is 16.0. The number of pyridine rings is 1. The summed E-state index contributed by atoms with van der Waals surface area (Å²) < 4.78 is 12.9. The van der Waals surface area contributed by atoms with Crippen LogP contribution in [-0.4, -0.2) is 74.6 Å². The maximum absolute atomic E-state index is 12.0. The number of carbonyl (C=O) groups is 1. The molecule has 0 spiro atoms. The van der Waals surface area contributed by atoms with Crippen molar-refractivity contribution >= 4 is 29.3 Å². The van der Waals surface area contributed by atoms with Crippen molar-refractivity contribution in [3.8, 4) is 16.9 Å². The minimum Gasteiger partial charge on any atom is -0.490 e. The van der Waals surface area contributed by atoms with Crippen molar-refractivity contribution in [3.63, 3.8) is 0 Å². The first-order chi connectivity index (χ1) is 22.3. The van der Waals surface area contributed by atoms with Gasteiger partial charge in [-0.3, -0.25) is 9.78 Å². The Balaban J connectivity index is 1.08. The number of aromatic nitrogens is 1. The number of thioether (sulfide) groups is 1. The van der Waals surface area contributed by atoms with Crippen molar-refractivity contribution in [1.29, 1.82) is 0 Å². The largest absolute Gasteiger partial charge is 0.490 e. The van der Waals surface area contributed by atoms with Crippen molar-refractivity contribution in [2.45, 2.75) is 92.9 Å². The number of aliphatic hydroxyl groups excluding tert-OH is 4. The normalized spacial score (nSPS) is 17.2. The van der Waals surface area contributed by atoms with Crippen LogP contribution in [-0.2, 0) is 21.7 Å². The van der Waals surface area contributed by atoms with Gasteiger partial charge in [0.2, 0.25) is 5.91 Å². The summed E-state index contributed by atoms with van der Waals surface area (Å²) in [7, 11) is 0. The second-order valence-corrected chi connectivity index (χ2v) is 13.6. The Kier molecular flexibility index (Phi) is 12.4. The van der Waals surface area contributed by atoms with Gasteiger partial charge in [0.15, 0.2) is 0 Å². The zero-order valence-corrected chi connectivity index (χ0v) is 27.4. The van der Waals surface area contributed by atoms with E-state index in [0.717, 1.165) is 83.6 Å². The van der Waals surface area contributed by atoms with Crippen LogP contribution in [0, 0.1) is 0 Å². The van der Waals surface area contributed by atoms with E-state index in [1.165, 1.54) is 0 Å². The molecule has 248 valence electrons. The highest BCUT2D eigenvalue weighted by molar-refractivity contribution is 7.99. The number of aliphatic hydroxyl groups is 4. The molecule has 5 N–H and O–H groups in total. The van der Waals surface area contributed by atoms with E-state index in [1.807, 2.05) is 42.7 Å². The van der Waals surface area contributed by atoms with Crippen LogP contribution in [0.3, 0.4) is 0 Å². The van der Waals surface area contributed by atoms with Crippen LogP contribution in [0.5, 0.6) is 5.75 Å². The number of halogens is 1. The zero-order chi connectivity index (χ0) is 32.5. The number of benzene rings is 2. The topological polar surface area (TPSA) is 141 Å². The maximum Gasteiger partial charge on any atom is 0.222 e. The van der Waals surface area contributed by atoms with Gasteiger partial charge >= 0.3 is 0 Å². The summed E-state index contributed by atoms with van der Waals surface area (Å²) in [4.78, 5) is 17.5. The molecule has 2 saturated carbocycles.